The van der Waals surface area contributed by atoms with Gasteiger partial charge in [0.15, 0.2) is 6.61 Å². The quantitative estimate of drug-likeness (QED) is 0.343. The Morgan fingerprint density at radius 1 is 1.00 bits per heavy atom. The van der Waals surface area contributed by atoms with E-state index in [0.717, 1.165) is 33.8 Å². The van der Waals surface area contributed by atoms with Gasteiger partial charge < -0.3 is 4.74 Å². The predicted octanol–water partition coefficient (Wildman–Crippen LogP) is 4.77. The van der Waals surface area contributed by atoms with Crippen molar-refractivity contribution in [2.75, 3.05) is 6.61 Å². The number of hydrogen-bond acceptors (Lipinski definition) is 4. The van der Waals surface area contributed by atoms with Crippen LogP contribution in [0.2, 0.25) is 0 Å². The molecule has 32 heavy (non-hydrogen) atoms. The van der Waals surface area contributed by atoms with Crippen LogP contribution in [0.3, 0.4) is 0 Å². The van der Waals surface area contributed by atoms with Gasteiger partial charge in [-0.3, -0.25) is 4.79 Å². The van der Waals surface area contributed by atoms with E-state index >= 15 is 0 Å². The number of rotatable bonds is 7. The number of nitrogens with one attached hydrogen (secondary N) is 1. The zero-order valence-electron chi connectivity index (χ0n) is 18.0. The lowest BCUT2D eigenvalue weighted by atomic mass is 10.1. The molecule has 160 valence electrons. The van der Waals surface area contributed by atoms with E-state index in [1.54, 1.807) is 6.20 Å². The number of aryl methyl sites for hydroxylation is 1. The summed E-state index contributed by atoms with van der Waals surface area (Å²) in [6.07, 6.45) is 1.75. The molecule has 0 aliphatic rings. The topological polar surface area (TPSA) is 68.5 Å². The van der Waals surface area contributed by atoms with Crippen molar-refractivity contribution < 1.29 is 9.53 Å². The van der Waals surface area contributed by atoms with E-state index < -0.39 is 0 Å². The van der Waals surface area contributed by atoms with Crippen molar-refractivity contribution in [3.63, 3.8) is 0 Å². The van der Waals surface area contributed by atoms with Crippen LogP contribution in [0.4, 0.5) is 0 Å². The van der Waals surface area contributed by atoms with Gasteiger partial charge in [-0.05, 0) is 49.7 Å². The number of benzene rings is 3. The van der Waals surface area contributed by atoms with Crippen LogP contribution in [0.25, 0.3) is 16.9 Å². The van der Waals surface area contributed by atoms with Gasteiger partial charge in [0.25, 0.3) is 5.91 Å². The van der Waals surface area contributed by atoms with Gasteiger partial charge in [0.2, 0.25) is 0 Å². The molecule has 6 heteroatoms. The van der Waals surface area contributed by atoms with Crippen molar-refractivity contribution in [2.24, 2.45) is 5.10 Å². The van der Waals surface area contributed by atoms with Crippen LogP contribution in [-0.2, 0) is 4.79 Å². The molecule has 3 aromatic carbocycles. The zero-order chi connectivity index (χ0) is 22.3. The zero-order valence-corrected chi connectivity index (χ0v) is 18.0. The smallest absolute Gasteiger partial charge is 0.277 e. The van der Waals surface area contributed by atoms with Crippen molar-refractivity contribution in [1.82, 2.24) is 15.2 Å². The third kappa shape index (κ3) is 4.92. The first kappa shape index (κ1) is 21.1. The van der Waals surface area contributed by atoms with E-state index in [4.69, 9.17) is 4.74 Å². The first-order valence-corrected chi connectivity index (χ1v) is 10.3. The third-order valence-corrected chi connectivity index (χ3v) is 4.95. The Bertz CT molecular complexity index is 1230. The largest absolute Gasteiger partial charge is 0.483 e. The molecule has 1 N–H and O–H groups in total. The summed E-state index contributed by atoms with van der Waals surface area (Å²) >= 11 is 0. The third-order valence-electron chi connectivity index (χ3n) is 4.95. The first-order chi connectivity index (χ1) is 15.6. The molecular formula is C26H24N4O2. The SMILES string of the molecule is C/C(=N\NC(=O)COc1ccc(C)cc1-c1ccnn1-c1ccccc1)c1ccccc1. The number of nitrogens with zero attached hydrogens (tertiary/aromatic N) is 3. The fourth-order valence-corrected chi connectivity index (χ4v) is 3.32. The molecule has 0 aliphatic heterocycles. The lowest BCUT2D eigenvalue weighted by Gasteiger charge is -2.14. The molecule has 1 heterocycles. The minimum Gasteiger partial charge on any atom is -0.483 e. The van der Waals surface area contributed by atoms with Crippen LogP contribution >= 0.6 is 0 Å². The number of carbonyl (C=O) groups is 1. The molecule has 0 bridgehead atoms. The van der Waals surface area contributed by atoms with Crippen LogP contribution in [0, 0.1) is 6.92 Å². The maximum atomic E-state index is 12.3. The summed E-state index contributed by atoms with van der Waals surface area (Å²) in [5.41, 5.74) is 8.01. The molecule has 4 aromatic rings. The minimum absolute atomic E-state index is 0.152. The van der Waals surface area contributed by atoms with Gasteiger partial charge in [0.05, 0.1) is 23.3 Å². The Morgan fingerprint density at radius 3 is 2.47 bits per heavy atom. The van der Waals surface area contributed by atoms with E-state index in [0.29, 0.717) is 5.75 Å². The number of hydrazone groups is 1. The van der Waals surface area contributed by atoms with Gasteiger partial charge in [-0.25, -0.2) is 10.1 Å². The highest BCUT2D eigenvalue weighted by atomic mass is 16.5. The van der Waals surface area contributed by atoms with E-state index in [-0.39, 0.29) is 12.5 Å². The average Bonchev–Trinajstić information content (AvgIpc) is 3.32. The van der Waals surface area contributed by atoms with Crippen molar-refractivity contribution in [3.8, 4) is 22.7 Å². The molecule has 0 aliphatic carbocycles. The number of amides is 1. The molecule has 0 atom stereocenters. The van der Waals surface area contributed by atoms with Crippen molar-refractivity contribution in [1.29, 1.82) is 0 Å². The van der Waals surface area contributed by atoms with E-state index in [9.17, 15) is 4.79 Å². The lowest BCUT2D eigenvalue weighted by Crippen LogP contribution is -2.25. The second-order valence-electron chi connectivity index (χ2n) is 7.35. The van der Waals surface area contributed by atoms with Gasteiger partial charge >= 0.3 is 0 Å². The highest BCUT2D eigenvalue weighted by molar-refractivity contribution is 5.99. The molecule has 1 aromatic heterocycles. The van der Waals surface area contributed by atoms with Gasteiger partial charge in [-0.1, -0.05) is 60.2 Å². The van der Waals surface area contributed by atoms with E-state index in [1.165, 1.54) is 0 Å². The van der Waals surface area contributed by atoms with E-state index in [2.05, 4.69) is 15.6 Å². The highest BCUT2D eigenvalue weighted by Crippen LogP contribution is 2.32. The molecule has 0 saturated carbocycles. The standard InChI is InChI=1S/C26H24N4O2/c1-19-13-14-25(32-18-26(31)29-28-20(2)21-9-5-3-6-10-21)23(17-19)24-15-16-27-30(24)22-11-7-4-8-12-22/h3-17H,18H2,1-2H3,(H,29,31)/b28-20+. The van der Waals surface area contributed by atoms with Crippen LogP contribution in [0.5, 0.6) is 5.75 Å². The van der Waals surface area contributed by atoms with Crippen LogP contribution in [0.15, 0.2) is 96.2 Å². The fourth-order valence-electron chi connectivity index (χ4n) is 3.32. The van der Waals surface area contributed by atoms with E-state index in [1.807, 2.05) is 103 Å². The monoisotopic (exact) mass is 424 g/mol. The second-order valence-corrected chi connectivity index (χ2v) is 7.35. The first-order valence-electron chi connectivity index (χ1n) is 10.3. The molecule has 1 amide bonds. The molecule has 0 spiro atoms. The predicted molar refractivity (Wildman–Crippen MR) is 126 cm³/mol. The molecule has 0 fully saturated rings. The van der Waals surface area contributed by atoms with Crippen LogP contribution < -0.4 is 10.2 Å². The van der Waals surface area contributed by atoms with Crippen molar-refractivity contribution >= 4 is 11.6 Å². The maximum Gasteiger partial charge on any atom is 0.277 e. The van der Waals surface area contributed by atoms with Crippen LogP contribution in [-0.4, -0.2) is 28.0 Å². The van der Waals surface area contributed by atoms with Gasteiger partial charge in [0.1, 0.15) is 5.75 Å². The summed E-state index contributed by atoms with van der Waals surface area (Å²) in [7, 11) is 0. The summed E-state index contributed by atoms with van der Waals surface area (Å²) in [6.45, 7) is 3.71. The molecule has 6 nitrogen and oxygen atoms in total. The number of aromatic nitrogens is 2. The van der Waals surface area contributed by atoms with Gasteiger partial charge in [0, 0.05) is 5.56 Å². The number of hydrogen-bond donors (Lipinski definition) is 1. The number of ether oxygens (including phenoxy) is 1. The average molecular weight is 425 g/mol. The fraction of sp³-hybridized carbons (Fsp3) is 0.115. The normalized spacial score (nSPS) is 11.2. The molecule has 4 rings (SSSR count). The maximum absolute atomic E-state index is 12.3. The summed E-state index contributed by atoms with van der Waals surface area (Å²) in [6, 6.07) is 27.4. The summed E-state index contributed by atoms with van der Waals surface area (Å²) < 4.78 is 7.74. The Kier molecular flexibility index (Phi) is 6.41. The Morgan fingerprint density at radius 2 is 1.72 bits per heavy atom. The Balaban J connectivity index is 1.51. The molecular weight excluding hydrogens is 400 g/mol. The second kappa shape index (κ2) is 9.75. The number of carbonyl (C=O) groups excluding carboxylic acids is 1. The Labute approximate surface area is 187 Å². The van der Waals surface area contributed by atoms with Crippen LogP contribution in [0.1, 0.15) is 18.1 Å². The van der Waals surface area contributed by atoms with Gasteiger partial charge in [-0.2, -0.15) is 10.2 Å². The lowest BCUT2D eigenvalue weighted by molar-refractivity contribution is -0.123. The summed E-state index contributed by atoms with van der Waals surface area (Å²) in [4.78, 5) is 12.3. The highest BCUT2D eigenvalue weighted by Gasteiger charge is 2.14. The summed E-state index contributed by atoms with van der Waals surface area (Å²) in [5, 5.41) is 8.64. The molecule has 0 saturated heterocycles. The summed E-state index contributed by atoms with van der Waals surface area (Å²) in [5.74, 6) is 0.274. The number of para-hydroxylation sites is 1. The Hall–Kier alpha value is -4.19. The van der Waals surface area contributed by atoms with Crippen molar-refractivity contribution in [2.45, 2.75) is 13.8 Å². The van der Waals surface area contributed by atoms with Gasteiger partial charge in [-0.15, -0.1) is 0 Å². The minimum atomic E-state index is -0.330. The molecule has 0 unspecified atom stereocenters. The van der Waals surface area contributed by atoms with Crippen molar-refractivity contribution in [3.05, 3.63) is 102 Å². The molecule has 0 radical (unpaired) electrons.